The minimum atomic E-state index is -4.69. The van der Waals surface area contributed by atoms with Crippen molar-refractivity contribution in [1.82, 2.24) is 0 Å². The smallest absolute Gasteiger partial charge is 0.416 e. The predicted molar refractivity (Wildman–Crippen MR) is 153 cm³/mol. The SMILES string of the molecule is CC(=O)C(N=Nc1cc(C(=O)Nc2cc(C(F)(F)F)ccc2Oc2ccc(Cl)cc2)ccc1Cl)C(=O)Oc1ccccc1. The number of alkyl halides is 3. The molecule has 0 radical (unpaired) electrons. The first-order chi connectivity index (χ1) is 20.4. The summed E-state index contributed by atoms with van der Waals surface area (Å²) >= 11 is 12.1. The average molecular weight is 630 g/mol. The van der Waals surface area contributed by atoms with E-state index in [4.69, 9.17) is 32.7 Å². The second-order valence-corrected chi connectivity index (χ2v) is 9.69. The lowest BCUT2D eigenvalue weighted by atomic mass is 10.1. The zero-order valence-electron chi connectivity index (χ0n) is 22.1. The van der Waals surface area contributed by atoms with Gasteiger partial charge in [0.05, 0.1) is 16.3 Å². The number of ether oxygens (including phenoxy) is 2. The molecule has 13 heteroatoms. The topological polar surface area (TPSA) is 106 Å². The molecule has 220 valence electrons. The Hall–Kier alpha value is -4.74. The van der Waals surface area contributed by atoms with Crippen LogP contribution in [0, 0.1) is 0 Å². The Bertz CT molecular complexity index is 1680. The number of nitrogens with zero attached hydrogens (tertiary/aromatic N) is 2. The van der Waals surface area contributed by atoms with E-state index >= 15 is 0 Å². The minimum Gasteiger partial charge on any atom is -0.455 e. The maximum Gasteiger partial charge on any atom is 0.416 e. The minimum absolute atomic E-state index is 0.0184. The summed E-state index contributed by atoms with van der Waals surface area (Å²) in [5.41, 5.74) is -1.45. The largest absolute Gasteiger partial charge is 0.455 e. The van der Waals surface area contributed by atoms with Crippen LogP contribution >= 0.6 is 23.2 Å². The van der Waals surface area contributed by atoms with Crippen molar-refractivity contribution in [3.8, 4) is 17.2 Å². The van der Waals surface area contributed by atoms with Crippen molar-refractivity contribution in [2.24, 2.45) is 10.2 Å². The third kappa shape index (κ3) is 8.40. The van der Waals surface area contributed by atoms with E-state index in [1.807, 2.05) is 0 Å². The number of hydrogen-bond donors (Lipinski definition) is 1. The molecule has 4 rings (SSSR count). The number of carbonyl (C=O) groups excluding carboxylic acids is 3. The Morgan fingerprint density at radius 2 is 1.56 bits per heavy atom. The highest BCUT2D eigenvalue weighted by Crippen LogP contribution is 2.37. The molecule has 0 aliphatic carbocycles. The van der Waals surface area contributed by atoms with Crippen molar-refractivity contribution in [1.29, 1.82) is 0 Å². The molecular weight excluding hydrogens is 610 g/mol. The molecule has 0 heterocycles. The molecule has 1 N–H and O–H groups in total. The van der Waals surface area contributed by atoms with Crippen LogP contribution in [-0.2, 0) is 15.8 Å². The summed E-state index contributed by atoms with van der Waals surface area (Å²) in [5, 5.41) is 10.5. The van der Waals surface area contributed by atoms with Crippen LogP contribution in [0.1, 0.15) is 22.8 Å². The van der Waals surface area contributed by atoms with Crippen molar-refractivity contribution in [2.45, 2.75) is 19.1 Å². The highest BCUT2D eigenvalue weighted by atomic mass is 35.5. The van der Waals surface area contributed by atoms with Gasteiger partial charge in [-0.3, -0.25) is 9.59 Å². The molecule has 1 unspecified atom stereocenters. The molecular formula is C30H20Cl2F3N3O5. The Morgan fingerprint density at radius 3 is 2.21 bits per heavy atom. The van der Waals surface area contributed by atoms with Gasteiger partial charge in [0.1, 0.15) is 17.2 Å². The van der Waals surface area contributed by atoms with Crippen LogP contribution < -0.4 is 14.8 Å². The van der Waals surface area contributed by atoms with E-state index in [1.54, 1.807) is 18.2 Å². The summed E-state index contributed by atoms with van der Waals surface area (Å²) in [4.78, 5) is 37.7. The maximum atomic E-state index is 13.5. The van der Waals surface area contributed by atoms with Gasteiger partial charge in [-0.1, -0.05) is 41.4 Å². The molecule has 8 nitrogen and oxygen atoms in total. The lowest BCUT2D eigenvalue weighted by Gasteiger charge is -2.15. The third-order valence-electron chi connectivity index (χ3n) is 5.66. The van der Waals surface area contributed by atoms with E-state index in [1.165, 1.54) is 54.6 Å². The zero-order valence-corrected chi connectivity index (χ0v) is 23.6. The molecule has 0 aliphatic heterocycles. The van der Waals surface area contributed by atoms with Gasteiger partial charge in [-0.25, -0.2) is 4.79 Å². The van der Waals surface area contributed by atoms with Gasteiger partial charge in [-0.15, -0.1) is 0 Å². The second-order valence-electron chi connectivity index (χ2n) is 8.85. The normalized spacial score (nSPS) is 12.0. The number of hydrogen-bond acceptors (Lipinski definition) is 7. The molecule has 0 aliphatic rings. The van der Waals surface area contributed by atoms with Gasteiger partial charge in [0.15, 0.2) is 11.5 Å². The Kier molecular flexibility index (Phi) is 9.79. The molecule has 0 bridgehead atoms. The summed E-state index contributed by atoms with van der Waals surface area (Å²) in [6, 6.07) is 18.9. The van der Waals surface area contributed by atoms with Gasteiger partial charge in [-0.05, 0) is 79.7 Å². The molecule has 0 saturated carbocycles. The maximum absolute atomic E-state index is 13.5. The first-order valence-electron chi connectivity index (χ1n) is 12.3. The van der Waals surface area contributed by atoms with E-state index < -0.39 is 35.4 Å². The van der Waals surface area contributed by atoms with Crippen molar-refractivity contribution in [2.75, 3.05) is 5.32 Å². The van der Waals surface area contributed by atoms with Crippen LogP contribution in [0.5, 0.6) is 17.2 Å². The molecule has 0 spiro atoms. The van der Waals surface area contributed by atoms with Crippen LogP contribution in [-0.4, -0.2) is 23.7 Å². The zero-order chi connectivity index (χ0) is 31.1. The number of azo groups is 1. The first-order valence-corrected chi connectivity index (χ1v) is 13.1. The molecule has 0 fully saturated rings. The summed E-state index contributed by atoms with van der Waals surface area (Å²) in [6.45, 7) is 1.13. The van der Waals surface area contributed by atoms with Gasteiger partial charge >= 0.3 is 12.1 Å². The van der Waals surface area contributed by atoms with Gasteiger partial charge in [0.25, 0.3) is 5.91 Å². The van der Waals surface area contributed by atoms with Crippen molar-refractivity contribution < 1.29 is 37.0 Å². The molecule has 4 aromatic rings. The van der Waals surface area contributed by atoms with Gasteiger partial charge < -0.3 is 14.8 Å². The summed E-state index contributed by atoms with van der Waals surface area (Å²) < 4.78 is 51.2. The van der Waals surface area contributed by atoms with Crippen LogP contribution in [0.3, 0.4) is 0 Å². The van der Waals surface area contributed by atoms with Gasteiger partial charge in [0.2, 0.25) is 6.04 Å². The fourth-order valence-electron chi connectivity index (χ4n) is 3.52. The molecule has 43 heavy (non-hydrogen) atoms. The van der Waals surface area contributed by atoms with E-state index in [0.29, 0.717) is 5.02 Å². The number of rotatable bonds is 9. The molecule has 0 aromatic heterocycles. The second kappa shape index (κ2) is 13.5. The van der Waals surface area contributed by atoms with E-state index in [0.717, 1.165) is 25.1 Å². The highest BCUT2D eigenvalue weighted by molar-refractivity contribution is 6.33. The molecule has 1 amide bonds. The number of para-hydroxylation sites is 1. The first kappa shape index (κ1) is 31.2. The molecule has 1 atom stereocenters. The van der Waals surface area contributed by atoms with E-state index in [-0.39, 0.29) is 39.2 Å². The number of amides is 1. The van der Waals surface area contributed by atoms with Crippen LogP contribution in [0.4, 0.5) is 24.5 Å². The van der Waals surface area contributed by atoms with Crippen LogP contribution in [0.25, 0.3) is 0 Å². The summed E-state index contributed by atoms with van der Waals surface area (Å²) in [6.07, 6.45) is -4.69. The number of ketones is 1. The van der Waals surface area contributed by atoms with Crippen molar-refractivity contribution in [3.05, 3.63) is 112 Å². The predicted octanol–water partition coefficient (Wildman–Crippen LogP) is 8.70. The van der Waals surface area contributed by atoms with Crippen LogP contribution in [0.15, 0.2) is 101 Å². The number of halogens is 5. The molecule has 4 aromatic carbocycles. The van der Waals surface area contributed by atoms with Gasteiger partial charge in [0, 0.05) is 10.6 Å². The van der Waals surface area contributed by atoms with E-state index in [2.05, 4.69) is 15.5 Å². The quantitative estimate of drug-likeness (QED) is 0.0862. The number of anilines is 1. The Morgan fingerprint density at radius 1 is 0.860 bits per heavy atom. The van der Waals surface area contributed by atoms with Gasteiger partial charge in [-0.2, -0.15) is 23.4 Å². The average Bonchev–Trinajstić information content (AvgIpc) is 2.96. The van der Waals surface area contributed by atoms with Crippen molar-refractivity contribution >= 4 is 52.2 Å². The number of Topliss-reactive ketones (excluding diaryl/α,β-unsaturated/α-hetero) is 1. The summed E-state index contributed by atoms with van der Waals surface area (Å²) in [7, 11) is 0. The Balaban J connectivity index is 1.58. The van der Waals surface area contributed by atoms with Crippen LogP contribution in [0.2, 0.25) is 10.0 Å². The number of benzene rings is 4. The van der Waals surface area contributed by atoms with E-state index in [9.17, 15) is 27.6 Å². The molecule has 0 saturated heterocycles. The summed E-state index contributed by atoms with van der Waals surface area (Å²) in [5.74, 6) is -2.09. The number of carbonyl (C=O) groups is 3. The fraction of sp³-hybridized carbons (Fsp3) is 0.100. The number of esters is 1. The standard InChI is InChI=1S/C30H20Cl2F3N3O5/c1-17(39)27(29(41)43-21-5-3-2-4-6-21)38-37-24-15-18(7-13-23(24)32)28(40)36-25-16-19(30(33,34)35)8-14-26(25)42-22-11-9-20(31)10-12-22/h2-16,27H,1H3,(H,36,40). The highest BCUT2D eigenvalue weighted by Gasteiger charge is 2.32. The third-order valence-corrected chi connectivity index (χ3v) is 6.23. The number of nitrogens with one attached hydrogen (secondary N) is 1. The lowest BCUT2D eigenvalue weighted by Crippen LogP contribution is -2.30. The van der Waals surface area contributed by atoms with Crippen molar-refractivity contribution in [3.63, 3.8) is 0 Å². The monoisotopic (exact) mass is 629 g/mol. The lowest BCUT2D eigenvalue weighted by molar-refractivity contribution is -0.140. The Labute approximate surface area is 253 Å². The fourth-order valence-corrected chi connectivity index (χ4v) is 3.80.